The van der Waals surface area contributed by atoms with Gasteiger partial charge in [-0.1, -0.05) is 11.6 Å². The highest BCUT2D eigenvalue weighted by molar-refractivity contribution is 7.13. The topological polar surface area (TPSA) is 48.1 Å². The molecule has 0 atom stereocenters. The summed E-state index contributed by atoms with van der Waals surface area (Å²) in [6, 6.07) is 6.08. The quantitative estimate of drug-likeness (QED) is 0.887. The number of nitrogens with zero attached hydrogens (tertiary/aromatic N) is 1. The molecule has 0 radical (unpaired) electrons. The molecule has 4 heteroatoms. The lowest BCUT2D eigenvalue weighted by molar-refractivity contribution is 0.341. The van der Waals surface area contributed by atoms with E-state index in [4.69, 9.17) is 10.5 Å². The van der Waals surface area contributed by atoms with Crippen molar-refractivity contribution in [3.05, 3.63) is 29.1 Å². The molecule has 2 rings (SSSR count). The molecule has 0 spiro atoms. The Morgan fingerprint density at radius 3 is 2.88 bits per heavy atom. The predicted octanol–water partition coefficient (Wildman–Crippen LogP) is 3.10. The normalized spacial score (nSPS) is 10.4. The van der Waals surface area contributed by atoms with Crippen LogP contribution in [0.2, 0.25) is 0 Å². The largest absolute Gasteiger partial charge is 0.493 e. The lowest BCUT2D eigenvalue weighted by atomic mass is 10.1. The molecule has 16 heavy (non-hydrogen) atoms. The first kappa shape index (κ1) is 11.0. The van der Waals surface area contributed by atoms with Gasteiger partial charge in [-0.15, -0.1) is 11.3 Å². The number of nitrogen functional groups attached to an aromatic ring is 1. The van der Waals surface area contributed by atoms with Gasteiger partial charge in [-0.3, -0.25) is 0 Å². The van der Waals surface area contributed by atoms with Crippen molar-refractivity contribution in [3.63, 3.8) is 0 Å². The number of rotatable bonds is 3. The Bertz CT molecular complexity index is 494. The molecule has 0 unspecified atom stereocenters. The fourth-order valence-electron chi connectivity index (χ4n) is 1.54. The molecule has 0 saturated carbocycles. The number of anilines is 1. The summed E-state index contributed by atoms with van der Waals surface area (Å²) in [6.07, 6.45) is 0. The van der Waals surface area contributed by atoms with Crippen LogP contribution in [-0.2, 0) is 0 Å². The van der Waals surface area contributed by atoms with Crippen LogP contribution in [0, 0.1) is 6.92 Å². The van der Waals surface area contributed by atoms with E-state index < -0.39 is 0 Å². The van der Waals surface area contributed by atoms with E-state index in [0.29, 0.717) is 11.7 Å². The Hall–Kier alpha value is -1.55. The Balaban J connectivity index is 2.48. The minimum Gasteiger partial charge on any atom is -0.493 e. The highest BCUT2D eigenvalue weighted by Crippen LogP contribution is 2.32. The molecule has 0 bridgehead atoms. The SMILES string of the molecule is CCOc1ccc(C)cc1-c1csc(N)n1. The minimum absolute atomic E-state index is 0.582. The molecular weight excluding hydrogens is 220 g/mol. The van der Waals surface area contributed by atoms with Crippen LogP contribution in [0.4, 0.5) is 5.13 Å². The van der Waals surface area contributed by atoms with Gasteiger partial charge < -0.3 is 10.5 Å². The van der Waals surface area contributed by atoms with Crippen molar-refractivity contribution in [1.82, 2.24) is 4.98 Å². The maximum absolute atomic E-state index is 5.64. The van der Waals surface area contributed by atoms with Crippen molar-refractivity contribution >= 4 is 16.5 Å². The van der Waals surface area contributed by atoms with Gasteiger partial charge in [0.1, 0.15) is 5.75 Å². The third kappa shape index (κ3) is 2.17. The van der Waals surface area contributed by atoms with Crippen molar-refractivity contribution in [2.75, 3.05) is 12.3 Å². The zero-order chi connectivity index (χ0) is 11.5. The number of benzene rings is 1. The highest BCUT2D eigenvalue weighted by atomic mass is 32.1. The lowest BCUT2D eigenvalue weighted by Gasteiger charge is -2.09. The molecule has 0 fully saturated rings. The van der Waals surface area contributed by atoms with Gasteiger partial charge >= 0.3 is 0 Å². The second-order valence-corrected chi connectivity index (χ2v) is 4.39. The summed E-state index contributed by atoms with van der Waals surface area (Å²) in [5, 5.41) is 2.53. The maximum atomic E-state index is 5.64. The Morgan fingerprint density at radius 2 is 2.25 bits per heavy atom. The average molecular weight is 234 g/mol. The number of nitrogens with two attached hydrogens (primary N) is 1. The predicted molar refractivity (Wildman–Crippen MR) is 67.9 cm³/mol. The van der Waals surface area contributed by atoms with E-state index in [1.54, 1.807) is 0 Å². The molecule has 1 heterocycles. The van der Waals surface area contributed by atoms with Crippen LogP contribution in [0.3, 0.4) is 0 Å². The van der Waals surface area contributed by atoms with Crippen LogP contribution in [0.15, 0.2) is 23.6 Å². The lowest BCUT2D eigenvalue weighted by Crippen LogP contribution is -1.95. The molecule has 84 valence electrons. The smallest absolute Gasteiger partial charge is 0.180 e. The van der Waals surface area contributed by atoms with Gasteiger partial charge in [-0.05, 0) is 26.0 Å². The van der Waals surface area contributed by atoms with Gasteiger partial charge in [0.25, 0.3) is 0 Å². The van der Waals surface area contributed by atoms with Crippen LogP contribution in [0.1, 0.15) is 12.5 Å². The van der Waals surface area contributed by atoms with Crippen molar-refractivity contribution in [2.24, 2.45) is 0 Å². The number of aromatic nitrogens is 1. The Kier molecular flexibility index (Phi) is 3.10. The van der Waals surface area contributed by atoms with Crippen molar-refractivity contribution in [1.29, 1.82) is 0 Å². The molecular formula is C12H14N2OS. The fourth-order valence-corrected chi connectivity index (χ4v) is 2.10. The molecule has 2 N–H and O–H groups in total. The van der Waals surface area contributed by atoms with E-state index in [-0.39, 0.29) is 0 Å². The summed E-state index contributed by atoms with van der Waals surface area (Å²) in [6.45, 7) is 4.67. The van der Waals surface area contributed by atoms with Crippen LogP contribution in [-0.4, -0.2) is 11.6 Å². The minimum atomic E-state index is 0.582. The van der Waals surface area contributed by atoms with Gasteiger partial charge in [0.2, 0.25) is 0 Å². The number of aryl methyl sites for hydroxylation is 1. The first-order valence-electron chi connectivity index (χ1n) is 5.15. The molecule has 1 aromatic carbocycles. The van der Waals surface area contributed by atoms with E-state index in [0.717, 1.165) is 17.0 Å². The monoisotopic (exact) mass is 234 g/mol. The standard InChI is InChI=1S/C12H14N2OS/c1-3-15-11-5-4-8(2)6-9(11)10-7-16-12(13)14-10/h4-7H,3H2,1-2H3,(H2,13,14). The highest BCUT2D eigenvalue weighted by Gasteiger charge is 2.09. The number of hydrogen-bond donors (Lipinski definition) is 1. The Labute approximate surface area is 98.9 Å². The third-order valence-electron chi connectivity index (χ3n) is 2.23. The zero-order valence-electron chi connectivity index (χ0n) is 9.36. The fraction of sp³-hybridized carbons (Fsp3) is 0.250. The molecule has 0 aliphatic heterocycles. The summed E-state index contributed by atoms with van der Waals surface area (Å²) in [7, 11) is 0. The van der Waals surface area contributed by atoms with Crippen molar-refractivity contribution in [2.45, 2.75) is 13.8 Å². The molecule has 2 aromatic rings. The summed E-state index contributed by atoms with van der Waals surface area (Å²) in [5.74, 6) is 0.860. The number of hydrogen-bond acceptors (Lipinski definition) is 4. The van der Waals surface area contributed by atoms with E-state index in [2.05, 4.69) is 18.0 Å². The molecule has 0 aliphatic rings. The van der Waals surface area contributed by atoms with Crippen LogP contribution in [0.25, 0.3) is 11.3 Å². The van der Waals surface area contributed by atoms with Gasteiger partial charge in [-0.25, -0.2) is 4.98 Å². The van der Waals surface area contributed by atoms with Gasteiger partial charge in [0.05, 0.1) is 12.3 Å². The van der Waals surface area contributed by atoms with Crippen LogP contribution in [0.5, 0.6) is 5.75 Å². The zero-order valence-corrected chi connectivity index (χ0v) is 10.2. The molecule has 1 aromatic heterocycles. The summed E-state index contributed by atoms with van der Waals surface area (Å²) >= 11 is 1.44. The van der Waals surface area contributed by atoms with Crippen molar-refractivity contribution in [3.8, 4) is 17.0 Å². The molecule has 3 nitrogen and oxygen atoms in total. The Morgan fingerprint density at radius 1 is 1.44 bits per heavy atom. The average Bonchev–Trinajstić information content (AvgIpc) is 2.68. The first-order chi connectivity index (χ1) is 7.70. The summed E-state index contributed by atoms with van der Waals surface area (Å²) in [4.78, 5) is 4.28. The molecule has 0 aliphatic carbocycles. The van der Waals surface area contributed by atoms with Gasteiger partial charge in [0.15, 0.2) is 5.13 Å². The van der Waals surface area contributed by atoms with Gasteiger partial charge in [0, 0.05) is 10.9 Å². The second-order valence-electron chi connectivity index (χ2n) is 3.50. The second kappa shape index (κ2) is 4.53. The summed E-state index contributed by atoms with van der Waals surface area (Å²) < 4.78 is 5.58. The molecule has 0 amide bonds. The summed E-state index contributed by atoms with van der Waals surface area (Å²) in [5.41, 5.74) is 8.72. The number of ether oxygens (including phenoxy) is 1. The first-order valence-corrected chi connectivity index (χ1v) is 6.03. The van der Waals surface area contributed by atoms with E-state index in [1.165, 1.54) is 16.9 Å². The third-order valence-corrected chi connectivity index (χ3v) is 2.91. The maximum Gasteiger partial charge on any atom is 0.180 e. The molecule has 0 saturated heterocycles. The van der Waals surface area contributed by atoms with E-state index in [9.17, 15) is 0 Å². The van der Waals surface area contributed by atoms with Crippen LogP contribution >= 0.6 is 11.3 Å². The van der Waals surface area contributed by atoms with E-state index in [1.807, 2.05) is 24.4 Å². The van der Waals surface area contributed by atoms with Gasteiger partial charge in [-0.2, -0.15) is 0 Å². The van der Waals surface area contributed by atoms with Crippen molar-refractivity contribution < 1.29 is 4.74 Å². The van der Waals surface area contributed by atoms with Crippen LogP contribution < -0.4 is 10.5 Å². The number of thiazole rings is 1. The van der Waals surface area contributed by atoms with E-state index >= 15 is 0 Å².